The monoisotopic (exact) mass is 560 g/mol. The highest BCUT2D eigenvalue weighted by Crippen LogP contribution is 2.24. The van der Waals surface area contributed by atoms with Crippen LogP contribution in [-0.2, 0) is 20.7 Å². The first-order chi connectivity index (χ1) is 19.0. The van der Waals surface area contributed by atoms with E-state index in [0.717, 1.165) is 43.1 Å². The lowest BCUT2D eigenvalue weighted by atomic mass is 10.0. The van der Waals surface area contributed by atoms with Crippen molar-refractivity contribution < 1.29 is 19.1 Å². The number of hydrogen-bond acceptors (Lipinski definition) is 7. The Morgan fingerprint density at radius 3 is 2.38 bits per heavy atom. The molecule has 40 heavy (non-hydrogen) atoms. The molecule has 1 unspecified atom stereocenters. The Bertz CT molecular complexity index is 1470. The number of hydrogen-bond donors (Lipinski definition) is 2. The van der Waals surface area contributed by atoms with Crippen LogP contribution in [0.1, 0.15) is 15.9 Å². The lowest BCUT2D eigenvalue weighted by Gasteiger charge is -2.28. The molecule has 2 aromatic carbocycles. The molecular weight excluding hydrogens is 532 g/mol. The molecule has 10 nitrogen and oxygen atoms in total. The third kappa shape index (κ3) is 6.53. The maximum Gasteiger partial charge on any atom is 0.287 e. The van der Waals surface area contributed by atoms with E-state index < -0.39 is 23.6 Å². The summed E-state index contributed by atoms with van der Waals surface area (Å²) in [4.78, 5) is 44.2. The number of anilines is 1. The number of amides is 2. The number of carbonyl (C=O) groups excluding carboxylic acids is 3. The fourth-order valence-electron chi connectivity index (χ4n) is 4.48. The summed E-state index contributed by atoms with van der Waals surface area (Å²) in [6.07, 6.45) is 3.40. The van der Waals surface area contributed by atoms with E-state index in [4.69, 9.17) is 10.5 Å². The third-order valence-corrected chi connectivity index (χ3v) is 6.52. The van der Waals surface area contributed by atoms with E-state index >= 15 is 0 Å². The molecule has 4 aromatic rings. The Morgan fingerprint density at radius 1 is 0.950 bits per heavy atom. The maximum absolute atomic E-state index is 13.3. The first kappa shape index (κ1) is 28.5. The number of Topliss-reactive ketones (excluding diaryl/α,β-unsaturated/α-hetero) is 1. The minimum absolute atomic E-state index is 0. The predicted octanol–water partition coefficient (Wildman–Crippen LogP) is 2.59. The lowest BCUT2D eigenvalue weighted by molar-refractivity contribution is -0.137. The molecule has 11 heteroatoms. The second-order valence-electron chi connectivity index (χ2n) is 9.11. The molecular formula is C29H29ClN6O4. The van der Waals surface area contributed by atoms with Crippen LogP contribution in [0.2, 0.25) is 0 Å². The highest BCUT2D eigenvalue weighted by atomic mass is 35.5. The Kier molecular flexibility index (Phi) is 9.26. The molecule has 2 amide bonds. The molecule has 1 aliphatic rings. The van der Waals surface area contributed by atoms with Gasteiger partial charge >= 0.3 is 0 Å². The molecule has 0 bridgehead atoms. The first-order valence-corrected chi connectivity index (χ1v) is 12.6. The van der Waals surface area contributed by atoms with Crippen molar-refractivity contribution in [1.82, 2.24) is 20.1 Å². The van der Waals surface area contributed by atoms with Gasteiger partial charge in [-0.3, -0.25) is 14.4 Å². The molecule has 206 valence electrons. The Hall–Kier alpha value is -4.54. The van der Waals surface area contributed by atoms with Gasteiger partial charge in [-0.05, 0) is 35.9 Å². The summed E-state index contributed by atoms with van der Waals surface area (Å²) >= 11 is 0. The van der Waals surface area contributed by atoms with E-state index in [2.05, 4.69) is 32.4 Å². The van der Waals surface area contributed by atoms with Gasteiger partial charge in [0.2, 0.25) is 5.78 Å². The number of ether oxygens (including phenoxy) is 1. The molecule has 0 aliphatic carbocycles. The summed E-state index contributed by atoms with van der Waals surface area (Å²) < 4.78 is 6.95. The molecule has 1 aliphatic heterocycles. The van der Waals surface area contributed by atoms with Gasteiger partial charge in [0.25, 0.3) is 11.8 Å². The molecule has 0 saturated carbocycles. The van der Waals surface area contributed by atoms with Crippen LogP contribution in [0.4, 0.5) is 5.69 Å². The number of pyridine rings is 1. The number of ketones is 1. The Morgan fingerprint density at radius 2 is 1.68 bits per heavy atom. The Labute approximate surface area is 237 Å². The zero-order valence-corrected chi connectivity index (χ0v) is 22.4. The van der Waals surface area contributed by atoms with Crippen LogP contribution >= 0.6 is 12.4 Å². The fraction of sp³-hybridized carbons (Fsp3) is 0.207. The number of morpholine rings is 1. The van der Waals surface area contributed by atoms with Gasteiger partial charge < -0.3 is 20.7 Å². The van der Waals surface area contributed by atoms with Gasteiger partial charge in [-0.15, -0.1) is 12.4 Å². The van der Waals surface area contributed by atoms with Crippen molar-refractivity contribution in [3.8, 4) is 17.1 Å². The molecule has 0 spiro atoms. The number of halogens is 1. The van der Waals surface area contributed by atoms with E-state index in [1.807, 2.05) is 48.5 Å². The van der Waals surface area contributed by atoms with E-state index in [0.29, 0.717) is 5.69 Å². The van der Waals surface area contributed by atoms with Gasteiger partial charge in [-0.2, -0.15) is 5.10 Å². The lowest BCUT2D eigenvalue weighted by Crippen LogP contribution is -2.47. The van der Waals surface area contributed by atoms with Crippen molar-refractivity contribution in [1.29, 1.82) is 0 Å². The number of aromatic nitrogens is 3. The number of rotatable bonds is 9. The van der Waals surface area contributed by atoms with Gasteiger partial charge in [0.1, 0.15) is 6.04 Å². The van der Waals surface area contributed by atoms with Crippen LogP contribution in [0.25, 0.3) is 17.1 Å². The van der Waals surface area contributed by atoms with Crippen LogP contribution in [-0.4, -0.2) is 64.7 Å². The van der Waals surface area contributed by atoms with Gasteiger partial charge in [0.05, 0.1) is 24.5 Å². The minimum Gasteiger partial charge on any atom is -0.378 e. The fourth-order valence-corrected chi connectivity index (χ4v) is 4.48. The first-order valence-electron chi connectivity index (χ1n) is 12.6. The predicted molar refractivity (Wildman–Crippen MR) is 153 cm³/mol. The molecule has 2 aromatic heterocycles. The van der Waals surface area contributed by atoms with Gasteiger partial charge in [-0.25, -0.2) is 9.67 Å². The van der Waals surface area contributed by atoms with Crippen molar-refractivity contribution >= 4 is 35.7 Å². The average molecular weight is 561 g/mol. The quantitative estimate of drug-likeness (QED) is 0.301. The number of nitrogens with zero attached hydrogens (tertiary/aromatic N) is 4. The van der Waals surface area contributed by atoms with E-state index in [1.54, 1.807) is 24.5 Å². The van der Waals surface area contributed by atoms with Crippen molar-refractivity contribution in [2.24, 2.45) is 5.73 Å². The molecule has 3 N–H and O–H groups in total. The molecule has 1 fully saturated rings. The number of nitrogens with one attached hydrogen (secondary N) is 1. The van der Waals surface area contributed by atoms with Crippen LogP contribution in [0.3, 0.4) is 0 Å². The van der Waals surface area contributed by atoms with Crippen LogP contribution in [0.5, 0.6) is 0 Å². The largest absolute Gasteiger partial charge is 0.378 e. The highest BCUT2D eigenvalue weighted by Gasteiger charge is 2.27. The van der Waals surface area contributed by atoms with Crippen LogP contribution < -0.4 is 16.0 Å². The van der Waals surface area contributed by atoms with Crippen molar-refractivity contribution in [3.63, 3.8) is 0 Å². The highest BCUT2D eigenvalue weighted by molar-refractivity contribution is 6.38. The molecule has 5 rings (SSSR count). The molecule has 0 radical (unpaired) electrons. The van der Waals surface area contributed by atoms with Crippen molar-refractivity contribution in [2.45, 2.75) is 12.5 Å². The summed E-state index contributed by atoms with van der Waals surface area (Å²) in [7, 11) is 0. The molecule has 1 saturated heterocycles. The topological polar surface area (TPSA) is 132 Å². The second-order valence-corrected chi connectivity index (χ2v) is 9.11. The standard InChI is InChI=1S/C29H28N6O4.ClH/c30-27(37)26(36)25(19-20-5-2-1-3-6-20)32-29(38)23-7-4-13-31-28(23)35-14-12-24(33-35)21-8-10-22(11-9-21)34-15-17-39-18-16-34;/h1-14,25H,15-19H2,(H2,30,37)(H,32,38);1H. The van der Waals surface area contributed by atoms with Crippen LogP contribution in [0.15, 0.2) is 85.2 Å². The maximum atomic E-state index is 13.3. The number of carbonyl (C=O) groups is 3. The molecule has 1 atom stereocenters. The zero-order chi connectivity index (χ0) is 27.2. The zero-order valence-electron chi connectivity index (χ0n) is 21.6. The van der Waals surface area contributed by atoms with E-state index in [1.165, 1.54) is 4.68 Å². The number of benzene rings is 2. The smallest absolute Gasteiger partial charge is 0.287 e. The summed E-state index contributed by atoms with van der Waals surface area (Å²) in [5.74, 6) is -2.27. The SMILES string of the molecule is Cl.NC(=O)C(=O)C(Cc1ccccc1)NC(=O)c1cccnc1-n1ccc(-c2ccc(N3CCOCC3)cc2)n1. The van der Waals surface area contributed by atoms with Crippen LogP contribution in [0, 0.1) is 0 Å². The third-order valence-electron chi connectivity index (χ3n) is 6.52. The Balaban J connectivity index is 0.00000370. The number of primary amides is 1. The van der Waals surface area contributed by atoms with E-state index in [-0.39, 0.29) is 30.2 Å². The summed E-state index contributed by atoms with van der Waals surface area (Å²) in [5.41, 5.74) is 9.00. The summed E-state index contributed by atoms with van der Waals surface area (Å²) in [6.45, 7) is 3.15. The van der Waals surface area contributed by atoms with Crippen molar-refractivity contribution in [2.75, 3.05) is 31.2 Å². The van der Waals surface area contributed by atoms with Gasteiger partial charge in [0.15, 0.2) is 5.82 Å². The number of nitrogens with two attached hydrogens (primary N) is 1. The van der Waals surface area contributed by atoms with E-state index in [9.17, 15) is 14.4 Å². The normalized spacial score (nSPS) is 13.7. The van der Waals surface area contributed by atoms with Crippen molar-refractivity contribution in [3.05, 3.63) is 96.3 Å². The molecule has 3 heterocycles. The summed E-state index contributed by atoms with van der Waals surface area (Å²) in [5, 5.41) is 7.31. The summed E-state index contributed by atoms with van der Waals surface area (Å²) in [6, 6.07) is 21.1. The average Bonchev–Trinajstić information content (AvgIpc) is 3.48. The van der Waals surface area contributed by atoms with Gasteiger partial charge in [0, 0.05) is 43.2 Å². The van der Waals surface area contributed by atoms with Gasteiger partial charge in [-0.1, -0.05) is 42.5 Å². The second kappa shape index (κ2) is 13.0. The minimum atomic E-state index is -1.12.